The van der Waals surface area contributed by atoms with Gasteiger partial charge in [0.15, 0.2) is 0 Å². The Kier molecular flexibility index (Phi) is 8.06. The molecule has 7 heteroatoms. The van der Waals surface area contributed by atoms with Crippen LogP contribution in [0.15, 0.2) is 46.0 Å². The minimum absolute atomic E-state index is 0.137. The van der Waals surface area contributed by atoms with Crippen LogP contribution in [0.2, 0.25) is 5.02 Å². The van der Waals surface area contributed by atoms with Crippen molar-refractivity contribution in [1.29, 1.82) is 0 Å². The monoisotopic (exact) mass is 440 g/mol. The normalized spacial score (nSPS) is 10.9. The van der Waals surface area contributed by atoms with Gasteiger partial charge in [0.2, 0.25) is 5.91 Å². The number of amides is 1. The van der Waals surface area contributed by atoms with Crippen LogP contribution >= 0.6 is 27.5 Å². The number of aryl methyl sites for hydroxylation is 1. The predicted octanol–water partition coefficient (Wildman–Crippen LogP) is 5.11. The lowest BCUT2D eigenvalue weighted by atomic mass is 10.2. The number of ether oxygens (including phenoxy) is 1. The molecule has 2 aromatic carbocycles. The van der Waals surface area contributed by atoms with Gasteiger partial charge in [-0.15, -0.1) is 0 Å². The summed E-state index contributed by atoms with van der Waals surface area (Å²) in [6.07, 6.45) is 2.92. The summed E-state index contributed by atoms with van der Waals surface area (Å²) in [6, 6.07) is 10.3. The quantitative estimate of drug-likeness (QED) is 0.351. The van der Waals surface area contributed by atoms with Gasteiger partial charge in [-0.25, -0.2) is 9.82 Å². The predicted molar refractivity (Wildman–Crippen MR) is 105 cm³/mol. The summed E-state index contributed by atoms with van der Waals surface area (Å²) >= 11 is 9.35. The number of halogens is 3. The van der Waals surface area contributed by atoms with Crippen molar-refractivity contribution < 1.29 is 13.9 Å². The highest BCUT2D eigenvalue weighted by molar-refractivity contribution is 9.10. The van der Waals surface area contributed by atoms with Gasteiger partial charge < -0.3 is 4.74 Å². The van der Waals surface area contributed by atoms with E-state index in [9.17, 15) is 9.18 Å². The van der Waals surface area contributed by atoms with Crippen molar-refractivity contribution in [3.63, 3.8) is 0 Å². The molecule has 0 radical (unpaired) electrons. The maximum Gasteiger partial charge on any atom is 0.240 e. The first kappa shape index (κ1) is 20.4. The number of hydrazone groups is 1. The lowest BCUT2D eigenvalue weighted by Gasteiger charge is -2.09. The summed E-state index contributed by atoms with van der Waals surface area (Å²) in [7, 11) is 0. The average molecular weight is 442 g/mol. The molecule has 0 aromatic heterocycles. The van der Waals surface area contributed by atoms with E-state index in [1.54, 1.807) is 6.07 Å². The Morgan fingerprint density at radius 3 is 2.88 bits per heavy atom. The van der Waals surface area contributed by atoms with Crippen molar-refractivity contribution >= 4 is 39.7 Å². The summed E-state index contributed by atoms with van der Waals surface area (Å²) in [6.45, 7) is 2.49. The highest BCUT2D eigenvalue weighted by Gasteiger charge is 2.05. The first-order valence-electron chi connectivity index (χ1n) is 8.18. The number of nitrogens with one attached hydrogen (secondary N) is 1. The van der Waals surface area contributed by atoms with Crippen molar-refractivity contribution in [2.75, 3.05) is 6.61 Å². The van der Waals surface area contributed by atoms with Gasteiger partial charge in [-0.1, -0.05) is 30.7 Å². The van der Waals surface area contributed by atoms with Gasteiger partial charge in [-0.05, 0) is 58.6 Å². The highest BCUT2D eigenvalue weighted by atomic mass is 79.9. The molecular formula is C19H19BrClFN2O2. The van der Waals surface area contributed by atoms with Crippen LogP contribution in [0.25, 0.3) is 0 Å². The molecule has 0 bridgehead atoms. The lowest BCUT2D eigenvalue weighted by molar-refractivity contribution is -0.121. The molecule has 2 aromatic rings. The molecule has 0 aliphatic rings. The van der Waals surface area contributed by atoms with Crippen LogP contribution in [0, 0.1) is 5.82 Å². The highest BCUT2D eigenvalue weighted by Crippen LogP contribution is 2.26. The van der Waals surface area contributed by atoms with Crippen LogP contribution in [-0.4, -0.2) is 18.7 Å². The zero-order chi connectivity index (χ0) is 18.9. The third-order valence-electron chi connectivity index (χ3n) is 3.59. The fourth-order valence-electron chi connectivity index (χ4n) is 2.15. The van der Waals surface area contributed by atoms with E-state index in [1.807, 2.05) is 18.2 Å². The Morgan fingerprint density at radius 1 is 1.38 bits per heavy atom. The average Bonchev–Trinajstić information content (AvgIpc) is 2.62. The maximum atomic E-state index is 13.6. The fraction of sp³-hybridized carbons (Fsp3) is 0.263. The van der Waals surface area contributed by atoms with Crippen molar-refractivity contribution in [1.82, 2.24) is 5.43 Å². The molecule has 2 rings (SSSR count). The fourth-order valence-corrected chi connectivity index (χ4v) is 2.91. The Bertz CT molecular complexity index is 779. The summed E-state index contributed by atoms with van der Waals surface area (Å²) in [5.41, 5.74) is 3.71. The molecule has 138 valence electrons. The SMILES string of the molecule is CCc1ccc(OCCCC(=O)N/N=C/c2c(F)cccc2Cl)c(Br)c1. The van der Waals surface area contributed by atoms with E-state index in [0.29, 0.717) is 13.0 Å². The van der Waals surface area contributed by atoms with Crippen molar-refractivity contribution in [2.45, 2.75) is 26.2 Å². The number of benzene rings is 2. The van der Waals surface area contributed by atoms with Gasteiger partial charge in [0, 0.05) is 12.0 Å². The van der Waals surface area contributed by atoms with Crippen LogP contribution in [0.4, 0.5) is 4.39 Å². The standard InChI is InChI=1S/C19H19BrClFN2O2/c1-2-13-8-9-18(15(20)11-13)26-10-4-7-19(25)24-23-12-14-16(21)5-3-6-17(14)22/h3,5-6,8-9,11-12H,2,4,7,10H2,1H3,(H,24,25)/b23-12+. The third kappa shape index (κ3) is 6.11. The summed E-state index contributed by atoms with van der Waals surface area (Å²) in [4.78, 5) is 11.7. The van der Waals surface area contributed by atoms with Crippen LogP contribution < -0.4 is 10.2 Å². The molecule has 0 saturated carbocycles. The van der Waals surface area contributed by atoms with E-state index in [1.165, 1.54) is 23.9 Å². The van der Waals surface area contributed by atoms with Gasteiger partial charge in [-0.2, -0.15) is 5.10 Å². The summed E-state index contributed by atoms with van der Waals surface area (Å²) in [5, 5.41) is 3.97. The Balaban J connectivity index is 1.73. The molecule has 0 spiro atoms. The second-order valence-corrected chi connectivity index (χ2v) is 6.76. The van der Waals surface area contributed by atoms with Gasteiger partial charge in [0.1, 0.15) is 11.6 Å². The van der Waals surface area contributed by atoms with Gasteiger partial charge in [-0.3, -0.25) is 4.79 Å². The molecule has 0 aliphatic heterocycles. The first-order chi connectivity index (χ1) is 12.5. The molecule has 0 saturated heterocycles. The molecule has 4 nitrogen and oxygen atoms in total. The number of rotatable bonds is 8. The zero-order valence-electron chi connectivity index (χ0n) is 14.3. The van der Waals surface area contributed by atoms with Crippen LogP contribution in [0.1, 0.15) is 30.9 Å². The second kappa shape index (κ2) is 10.3. The topological polar surface area (TPSA) is 50.7 Å². The van der Waals surface area contributed by atoms with E-state index >= 15 is 0 Å². The van der Waals surface area contributed by atoms with Crippen LogP contribution in [0.3, 0.4) is 0 Å². The van der Waals surface area contributed by atoms with Crippen molar-refractivity contribution in [2.24, 2.45) is 5.10 Å². The molecule has 0 heterocycles. The number of carbonyl (C=O) groups excluding carboxylic acids is 1. The van der Waals surface area contributed by atoms with Crippen molar-refractivity contribution in [3.8, 4) is 5.75 Å². The molecule has 0 fully saturated rings. The summed E-state index contributed by atoms with van der Waals surface area (Å²) in [5.74, 6) is -0.0314. The Hall–Kier alpha value is -1.92. The minimum atomic E-state index is -0.497. The Morgan fingerprint density at radius 2 is 2.19 bits per heavy atom. The largest absolute Gasteiger partial charge is 0.492 e. The molecule has 0 atom stereocenters. The van der Waals surface area contributed by atoms with E-state index in [4.69, 9.17) is 16.3 Å². The van der Waals surface area contributed by atoms with E-state index in [2.05, 4.69) is 33.4 Å². The maximum absolute atomic E-state index is 13.6. The van der Waals surface area contributed by atoms with Gasteiger partial charge in [0.25, 0.3) is 0 Å². The van der Waals surface area contributed by atoms with Crippen LogP contribution in [0.5, 0.6) is 5.75 Å². The minimum Gasteiger partial charge on any atom is -0.492 e. The van der Waals surface area contributed by atoms with Gasteiger partial charge >= 0.3 is 0 Å². The number of hydrogen-bond donors (Lipinski definition) is 1. The third-order valence-corrected chi connectivity index (χ3v) is 4.54. The number of carbonyl (C=O) groups is 1. The van der Waals surface area contributed by atoms with E-state index in [0.717, 1.165) is 16.6 Å². The summed E-state index contributed by atoms with van der Waals surface area (Å²) < 4.78 is 20.1. The van der Waals surface area contributed by atoms with E-state index in [-0.39, 0.29) is 22.9 Å². The van der Waals surface area contributed by atoms with Crippen LogP contribution in [-0.2, 0) is 11.2 Å². The smallest absolute Gasteiger partial charge is 0.240 e. The molecule has 0 unspecified atom stereocenters. The molecule has 1 amide bonds. The van der Waals surface area contributed by atoms with Gasteiger partial charge in [0.05, 0.1) is 22.3 Å². The molecule has 0 aliphatic carbocycles. The molecule has 26 heavy (non-hydrogen) atoms. The second-order valence-electron chi connectivity index (χ2n) is 5.50. The molecule has 1 N–H and O–H groups in total. The first-order valence-corrected chi connectivity index (χ1v) is 9.35. The van der Waals surface area contributed by atoms with E-state index < -0.39 is 5.82 Å². The lowest BCUT2D eigenvalue weighted by Crippen LogP contribution is -2.18. The zero-order valence-corrected chi connectivity index (χ0v) is 16.6. The number of hydrogen-bond acceptors (Lipinski definition) is 3. The Labute approximate surface area is 165 Å². The van der Waals surface area contributed by atoms with Crippen molar-refractivity contribution in [3.05, 3.63) is 62.8 Å². The number of nitrogens with zero attached hydrogens (tertiary/aromatic N) is 1. The molecular weight excluding hydrogens is 423 g/mol.